The van der Waals surface area contributed by atoms with Gasteiger partial charge in [0.15, 0.2) is 11.5 Å². The molecule has 1 unspecified atom stereocenters. The fourth-order valence-electron chi connectivity index (χ4n) is 4.04. The van der Waals surface area contributed by atoms with Gasteiger partial charge in [-0.25, -0.2) is 9.50 Å². The molecule has 158 valence electrons. The van der Waals surface area contributed by atoms with Crippen LogP contribution in [0.15, 0.2) is 53.2 Å². The fraction of sp³-hybridized carbons (Fsp3) is 0.304. The number of methoxy groups -OCH3 is 1. The van der Waals surface area contributed by atoms with E-state index in [1.807, 2.05) is 52.0 Å². The molecular formula is C23H23N5O3. The predicted octanol–water partition coefficient (Wildman–Crippen LogP) is 3.72. The van der Waals surface area contributed by atoms with Gasteiger partial charge in [-0.15, -0.1) is 0 Å². The molecule has 0 N–H and O–H groups in total. The Bertz CT molecular complexity index is 1240. The van der Waals surface area contributed by atoms with E-state index in [1.165, 1.54) is 0 Å². The average molecular weight is 417 g/mol. The second-order valence-corrected chi connectivity index (χ2v) is 7.85. The Morgan fingerprint density at radius 3 is 2.90 bits per heavy atom. The second kappa shape index (κ2) is 7.86. The number of benzene rings is 1. The zero-order chi connectivity index (χ0) is 21.4. The summed E-state index contributed by atoms with van der Waals surface area (Å²) in [6, 6.07) is 13.6. The van der Waals surface area contributed by atoms with Crippen LogP contribution in [0.25, 0.3) is 16.8 Å². The van der Waals surface area contributed by atoms with Gasteiger partial charge in [-0.2, -0.15) is 5.10 Å². The summed E-state index contributed by atoms with van der Waals surface area (Å²) >= 11 is 0. The number of aromatic nitrogens is 4. The number of rotatable bonds is 4. The van der Waals surface area contributed by atoms with Gasteiger partial charge in [0.2, 0.25) is 5.76 Å². The molecule has 0 spiro atoms. The minimum Gasteiger partial charge on any atom is -0.497 e. The third-order valence-electron chi connectivity index (χ3n) is 5.66. The van der Waals surface area contributed by atoms with E-state index in [9.17, 15) is 4.79 Å². The lowest BCUT2D eigenvalue weighted by atomic mass is 9.97. The van der Waals surface area contributed by atoms with E-state index in [2.05, 4.69) is 5.16 Å². The van der Waals surface area contributed by atoms with Crippen LogP contribution >= 0.6 is 0 Å². The molecule has 0 bridgehead atoms. The van der Waals surface area contributed by atoms with Crippen molar-refractivity contribution in [3.05, 3.63) is 65.9 Å². The third-order valence-corrected chi connectivity index (χ3v) is 5.66. The van der Waals surface area contributed by atoms with Gasteiger partial charge in [0.25, 0.3) is 5.91 Å². The summed E-state index contributed by atoms with van der Waals surface area (Å²) in [5.74, 6) is 1.81. The minimum absolute atomic E-state index is 0.0851. The lowest BCUT2D eigenvalue weighted by Crippen LogP contribution is -2.39. The number of hydrogen-bond donors (Lipinski definition) is 0. The summed E-state index contributed by atoms with van der Waals surface area (Å²) in [5, 5.41) is 8.56. The molecule has 0 aliphatic carbocycles. The van der Waals surface area contributed by atoms with E-state index in [-0.39, 0.29) is 17.6 Å². The quantitative estimate of drug-likeness (QED) is 0.503. The highest BCUT2D eigenvalue weighted by Crippen LogP contribution is 2.28. The lowest BCUT2D eigenvalue weighted by molar-refractivity contribution is 0.0662. The number of aryl methyl sites for hydroxylation is 1. The van der Waals surface area contributed by atoms with E-state index in [1.54, 1.807) is 20.1 Å². The standard InChI is InChI=1S/C23H23N5O3/c1-15-11-20(31-26-15)23(29)27-10-4-6-18(13-27)22-24-21-9-8-17(14-28(21)25-22)16-5-3-7-19(12-16)30-2/h3,5,7-9,11-12,14,18H,4,6,10,13H2,1-2H3. The first kappa shape index (κ1) is 19.3. The van der Waals surface area contributed by atoms with Crippen LogP contribution in [0.5, 0.6) is 5.75 Å². The van der Waals surface area contributed by atoms with E-state index in [0.717, 1.165) is 41.2 Å². The molecule has 0 saturated carbocycles. The van der Waals surface area contributed by atoms with Crippen molar-refractivity contribution in [3.63, 3.8) is 0 Å². The van der Waals surface area contributed by atoms with E-state index in [0.29, 0.717) is 18.8 Å². The Labute approximate surface area is 179 Å². The maximum atomic E-state index is 12.8. The van der Waals surface area contributed by atoms with Gasteiger partial charge in [-0.3, -0.25) is 4.79 Å². The van der Waals surface area contributed by atoms with Crippen LogP contribution in [-0.2, 0) is 0 Å². The van der Waals surface area contributed by atoms with Crippen molar-refractivity contribution in [1.29, 1.82) is 0 Å². The number of pyridine rings is 1. The molecule has 1 aliphatic rings. The fourth-order valence-corrected chi connectivity index (χ4v) is 4.04. The number of carbonyl (C=O) groups excluding carboxylic acids is 1. The highest BCUT2D eigenvalue weighted by molar-refractivity contribution is 5.91. The minimum atomic E-state index is -0.130. The Morgan fingerprint density at radius 1 is 1.19 bits per heavy atom. The van der Waals surface area contributed by atoms with Crippen LogP contribution in [0.1, 0.15) is 40.8 Å². The Kier molecular flexibility index (Phi) is 4.89. The van der Waals surface area contributed by atoms with E-state index >= 15 is 0 Å². The molecule has 1 aromatic carbocycles. The van der Waals surface area contributed by atoms with Crippen LogP contribution < -0.4 is 4.74 Å². The highest BCUT2D eigenvalue weighted by Gasteiger charge is 2.29. The number of piperidine rings is 1. The van der Waals surface area contributed by atoms with Crippen molar-refractivity contribution in [2.75, 3.05) is 20.2 Å². The molecule has 3 aromatic heterocycles. The molecule has 1 amide bonds. The van der Waals surface area contributed by atoms with E-state index < -0.39 is 0 Å². The molecule has 31 heavy (non-hydrogen) atoms. The van der Waals surface area contributed by atoms with E-state index in [4.69, 9.17) is 19.3 Å². The van der Waals surface area contributed by atoms with Crippen LogP contribution in [0.2, 0.25) is 0 Å². The summed E-state index contributed by atoms with van der Waals surface area (Å²) < 4.78 is 12.3. The third kappa shape index (κ3) is 3.76. The van der Waals surface area contributed by atoms with Gasteiger partial charge in [0, 0.05) is 36.8 Å². The van der Waals surface area contributed by atoms with Gasteiger partial charge in [-0.05, 0) is 49.6 Å². The summed E-state index contributed by atoms with van der Waals surface area (Å²) in [7, 11) is 1.66. The molecule has 8 heteroatoms. The Morgan fingerprint density at radius 2 is 2.10 bits per heavy atom. The molecule has 4 aromatic rings. The first-order chi connectivity index (χ1) is 15.1. The zero-order valence-electron chi connectivity index (χ0n) is 17.5. The van der Waals surface area contributed by atoms with Gasteiger partial charge in [0.05, 0.1) is 12.8 Å². The molecule has 0 radical (unpaired) electrons. The van der Waals surface area contributed by atoms with Crippen molar-refractivity contribution < 1.29 is 14.1 Å². The van der Waals surface area contributed by atoms with Crippen molar-refractivity contribution in [2.45, 2.75) is 25.7 Å². The zero-order valence-corrected chi connectivity index (χ0v) is 17.5. The summed E-state index contributed by atoms with van der Waals surface area (Å²) in [6.45, 7) is 3.07. The van der Waals surface area contributed by atoms with Crippen LogP contribution in [0, 0.1) is 6.92 Å². The molecular weight excluding hydrogens is 394 g/mol. The van der Waals surface area contributed by atoms with Gasteiger partial charge < -0.3 is 14.2 Å². The van der Waals surface area contributed by atoms with Gasteiger partial charge in [0.1, 0.15) is 5.75 Å². The van der Waals surface area contributed by atoms with Crippen molar-refractivity contribution in [3.8, 4) is 16.9 Å². The van der Waals surface area contributed by atoms with Crippen LogP contribution in [-0.4, -0.2) is 50.8 Å². The van der Waals surface area contributed by atoms with Gasteiger partial charge >= 0.3 is 0 Å². The first-order valence-electron chi connectivity index (χ1n) is 10.3. The summed E-state index contributed by atoms with van der Waals surface area (Å²) in [6.07, 6.45) is 3.82. The van der Waals surface area contributed by atoms with Crippen molar-refractivity contribution in [1.82, 2.24) is 24.7 Å². The van der Waals surface area contributed by atoms with Crippen LogP contribution in [0.3, 0.4) is 0 Å². The average Bonchev–Trinajstić information content (AvgIpc) is 3.44. The monoisotopic (exact) mass is 417 g/mol. The number of hydrogen-bond acceptors (Lipinski definition) is 6. The number of amides is 1. The molecule has 8 nitrogen and oxygen atoms in total. The molecule has 1 aliphatic heterocycles. The summed E-state index contributed by atoms with van der Waals surface area (Å²) in [4.78, 5) is 19.3. The lowest BCUT2D eigenvalue weighted by Gasteiger charge is -2.30. The number of fused-ring (bicyclic) bond motifs is 1. The van der Waals surface area contributed by atoms with Gasteiger partial charge in [-0.1, -0.05) is 17.3 Å². The Hall–Kier alpha value is -3.68. The normalized spacial score (nSPS) is 16.6. The largest absolute Gasteiger partial charge is 0.497 e. The number of likely N-dealkylation sites (tertiary alicyclic amines) is 1. The number of carbonyl (C=O) groups is 1. The maximum absolute atomic E-state index is 12.8. The topological polar surface area (TPSA) is 85.8 Å². The SMILES string of the molecule is COc1cccc(-c2ccc3nc(C4CCCN(C(=O)c5cc(C)no5)C4)nn3c2)c1. The van der Waals surface area contributed by atoms with Crippen molar-refractivity contribution in [2.24, 2.45) is 0 Å². The molecule has 5 rings (SSSR count). The molecule has 1 atom stereocenters. The number of nitrogens with zero attached hydrogens (tertiary/aromatic N) is 5. The van der Waals surface area contributed by atoms with Crippen molar-refractivity contribution >= 4 is 11.6 Å². The highest BCUT2D eigenvalue weighted by atomic mass is 16.5. The molecule has 1 saturated heterocycles. The second-order valence-electron chi connectivity index (χ2n) is 7.85. The first-order valence-corrected chi connectivity index (χ1v) is 10.3. The summed E-state index contributed by atoms with van der Waals surface area (Å²) in [5.41, 5.74) is 3.57. The predicted molar refractivity (Wildman–Crippen MR) is 114 cm³/mol. The number of ether oxygens (including phenoxy) is 1. The smallest absolute Gasteiger partial charge is 0.292 e. The molecule has 4 heterocycles. The maximum Gasteiger partial charge on any atom is 0.292 e. The Balaban J connectivity index is 1.39. The van der Waals surface area contributed by atoms with Crippen LogP contribution in [0.4, 0.5) is 0 Å². The molecule has 1 fully saturated rings.